The summed E-state index contributed by atoms with van der Waals surface area (Å²) >= 11 is 6.17. The smallest absolute Gasteiger partial charge is 0.359 e. The van der Waals surface area contributed by atoms with Gasteiger partial charge in [0.25, 0.3) is 5.91 Å². The molecule has 1 amide bonds. The first-order chi connectivity index (χ1) is 15.2. The summed E-state index contributed by atoms with van der Waals surface area (Å²) in [5.41, 5.74) is 1.91. The van der Waals surface area contributed by atoms with E-state index in [1.807, 2.05) is 19.9 Å². The molecule has 0 saturated heterocycles. The lowest BCUT2D eigenvalue weighted by Gasteiger charge is -2.16. The monoisotopic (exact) mass is 458 g/mol. The Morgan fingerprint density at radius 1 is 1.09 bits per heavy atom. The number of esters is 1. The van der Waals surface area contributed by atoms with Crippen LogP contribution in [0.1, 0.15) is 28.8 Å². The highest BCUT2D eigenvalue weighted by atomic mass is 35.5. The van der Waals surface area contributed by atoms with Crippen LogP contribution in [-0.2, 0) is 9.53 Å². The van der Waals surface area contributed by atoms with Crippen LogP contribution < -0.4 is 14.8 Å². The summed E-state index contributed by atoms with van der Waals surface area (Å²) in [6, 6.07) is 10.0. The number of methoxy groups -OCH3 is 2. The molecular weight excluding hydrogens is 436 g/mol. The number of anilines is 1. The van der Waals surface area contributed by atoms with E-state index >= 15 is 0 Å². The predicted octanol–water partition coefficient (Wildman–Crippen LogP) is 3.74. The molecule has 0 radical (unpaired) electrons. The summed E-state index contributed by atoms with van der Waals surface area (Å²) in [5, 5.41) is 7.12. The van der Waals surface area contributed by atoms with Crippen molar-refractivity contribution >= 4 is 29.2 Å². The van der Waals surface area contributed by atoms with Gasteiger partial charge in [-0.25, -0.2) is 14.5 Å². The minimum absolute atomic E-state index is 0.0994. The molecule has 2 heterocycles. The minimum atomic E-state index is -1.13. The molecule has 0 aliphatic carbocycles. The number of rotatable bonds is 7. The van der Waals surface area contributed by atoms with E-state index in [4.69, 9.17) is 25.8 Å². The Hall–Kier alpha value is -3.59. The number of nitrogens with one attached hydrogen (secondary N) is 1. The Balaban J connectivity index is 1.76. The van der Waals surface area contributed by atoms with Gasteiger partial charge in [0, 0.05) is 11.8 Å². The van der Waals surface area contributed by atoms with Crippen LogP contribution in [-0.4, -0.2) is 47.0 Å². The highest BCUT2D eigenvalue weighted by Gasteiger charge is 2.23. The van der Waals surface area contributed by atoms with Crippen molar-refractivity contribution in [2.75, 3.05) is 19.5 Å². The molecule has 0 aliphatic heterocycles. The molecule has 3 rings (SSSR count). The van der Waals surface area contributed by atoms with E-state index in [1.165, 1.54) is 27.2 Å². The molecule has 3 aromatic rings. The number of amides is 1. The third-order valence-electron chi connectivity index (χ3n) is 4.57. The van der Waals surface area contributed by atoms with Gasteiger partial charge in [0.15, 0.2) is 17.6 Å². The van der Waals surface area contributed by atoms with Gasteiger partial charge in [0.1, 0.15) is 11.5 Å². The lowest BCUT2D eigenvalue weighted by atomic mass is 10.2. The van der Waals surface area contributed by atoms with Gasteiger partial charge < -0.3 is 19.5 Å². The highest BCUT2D eigenvalue weighted by molar-refractivity contribution is 6.33. The quantitative estimate of drug-likeness (QED) is 0.537. The third-order valence-corrected chi connectivity index (χ3v) is 4.87. The van der Waals surface area contributed by atoms with Gasteiger partial charge in [0.2, 0.25) is 0 Å². The number of aryl methyl sites for hydroxylation is 2. The van der Waals surface area contributed by atoms with Crippen LogP contribution >= 0.6 is 11.6 Å². The molecule has 0 fully saturated rings. The summed E-state index contributed by atoms with van der Waals surface area (Å²) in [6.45, 7) is 5.17. The average molecular weight is 459 g/mol. The number of ether oxygens (including phenoxy) is 3. The van der Waals surface area contributed by atoms with Gasteiger partial charge in [-0.3, -0.25) is 4.79 Å². The fourth-order valence-electron chi connectivity index (χ4n) is 2.97. The number of halogens is 1. The van der Waals surface area contributed by atoms with Crippen LogP contribution in [0.2, 0.25) is 5.02 Å². The molecule has 1 unspecified atom stereocenters. The van der Waals surface area contributed by atoms with E-state index in [-0.39, 0.29) is 10.7 Å². The standard InChI is InChI=1S/C22H23ClN4O5/c1-12-10-13(2)27(26-12)19-9-7-16(23)20(25-19)22(29)32-14(3)21(28)24-17-11-15(30-4)6-8-18(17)31-5/h6-11,14H,1-5H3,(H,24,28). The molecular formula is C22H23ClN4O5. The van der Waals surface area contributed by atoms with Gasteiger partial charge in [0.05, 0.1) is 30.6 Å². The molecule has 9 nitrogen and oxygen atoms in total. The topological polar surface area (TPSA) is 105 Å². The zero-order valence-electron chi connectivity index (χ0n) is 18.3. The van der Waals surface area contributed by atoms with Gasteiger partial charge in [-0.1, -0.05) is 11.6 Å². The summed E-state index contributed by atoms with van der Waals surface area (Å²) in [6.07, 6.45) is -1.13. The Labute approximate surface area is 190 Å². The predicted molar refractivity (Wildman–Crippen MR) is 119 cm³/mol. The van der Waals surface area contributed by atoms with Crippen LogP contribution in [0, 0.1) is 13.8 Å². The number of pyridine rings is 1. The van der Waals surface area contributed by atoms with E-state index in [1.54, 1.807) is 28.9 Å². The fraction of sp³-hybridized carbons (Fsp3) is 0.273. The third kappa shape index (κ3) is 5.00. The maximum absolute atomic E-state index is 12.7. The molecule has 0 aliphatic rings. The van der Waals surface area contributed by atoms with Crippen molar-refractivity contribution in [3.63, 3.8) is 0 Å². The number of aromatic nitrogens is 3. The minimum Gasteiger partial charge on any atom is -0.497 e. The van der Waals surface area contributed by atoms with Crippen molar-refractivity contribution in [2.45, 2.75) is 26.9 Å². The number of carbonyl (C=O) groups excluding carboxylic acids is 2. The summed E-state index contributed by atoms with van der Waals surface area (Å²) in [7, 11) is 2.99. The van der Waals surface area contributed by atoms with Crippen LogP contribution in [0.15, 0.2) is 36.4 Å². The van der Waals surface area contributed by atoms with Gasteiger partial charge in [-0.15, -0.1) is 0 Å². The second-order valence-corrected chi connectivity index (χ2v) is 7.35. The van der Waals surface area contributed by atoms with E-state index in [0.717, 1.165) is 11.4 Å². The van der Waals surface area contributed by atoms with E-state index in [2.05, 4.69) is 15.4 Å². The molecule has 0 saturated carbocycles. The van der Waals surface area contributed by atoms with Crippen LogP contribution in [0.4, 0.5) is 5.69 Å². The summed E-state index contributed by atoms with van der Waals surface area (Å²) < 4.78 is 17.3. The van der Waals surface area contributed by atoms with Crippen LogP contribution in [0.25, 0.3) is 5.82 Å². The molecule has 2 aromatic heterocycles. The Bertz CT molecular complexity index is 1160. The molecule has 1 atom stereocenters. The number of hydrogen-bond acceptors (Lipinski definition) is 7. The zero-order valence-corrected chi connectivity index (χ0v) is 19.1. The van der Waals surface area contributed by atoms with Gasteiger partial charge >= 0.3 is 5.97 Å². The maximum atomic E-state index is 12.7. The first-order valence-electron chi connectivity index (χ1n) is 9.67. The summed E-state index contributed by atoms with van der Waals surface area (Å²) in [4.78, 5) is 29.6. The van der Waals surface area contributed by atoms with Gasteiger partial charge in [-0.05, 0) is 51.1 Å². The molecule has 1 N–H and O–H groups in total. The van der Waals surface area contributed by atoms with Crippen molar-refractivity contribution in [3.05, 3.63) is 58.5 Å². The Morgan fingerprint density at radius 2 is 1.84 bits per heavy atom. The second kappa shape index (κ2) is 9.69. The highest BCUT2D eigenvalue weighted by Crippen LogP contribution is 2.29. The lowest BCUT2D eigenvalue weighted by molar-refractivity contribution is -0.123. The summed E-state index contributed by atoms with van der Waals surface area (Å²) in [5.74, 6) is -0.0257. The fourth-order valence-corrected chi connectivity index (χ4v) is 3.15. The normalized spacial score (nSPS) is 11.6. The molecule has 32 heavy (non-hydrogen) atoms. The zero-order chi connectivity index (χ0) is 23.4. The van der Waals surface area contributed by atoms with Crippen molar-refractivity contribution in [3.8, 4) is 17.3 Å². The first-order valence-corrected chi connectivity index (χ1v) is 10.0. The Kier molecular flexibility index (Phi) is 6.99. The van der Waals surface area contributed by atoms with Crippen LogP contribution in [0.5, 0.6) is 11.5 Å². The number of benzene rings is 1. The van der Waals surface area contributed by atoms with E-state index < -0.39 is 18.0 Å². The number of carbonyl (C=O) groups is 2. The van der Waals surface area contributed by atoms with Crippen molar-refractivity contribution in [1.29, 1.82) is 0 Å². The van der Waals surface area contributed by atoms with Crippen molar-refractivity contribution < 1.29 is 23.8 Å². The first kappa shape index (κ1) is 23.1. The Morgan fingerprint density at radius 3 is 2.47 bits per heavy atom. The second-order valence-electron chi connectivity index (χ2n) is 6.94. The molecule has 0 spiro atoms. The molecule has 10 heteroatoms. The van der Waals surface area contributed by atoms with Crippen molar-refractivity contribution in [2.24, 2.45) is 0 Å². The average Bonchev–Trinajstić information content (AvgIpc) is 3.11. The maximum Gasteiger partial charge on any atom is 0.359 e. The SMILES string of the molecule is COc1ccc(OC)c(NC(=O)C(C)OC(=O)c2nc(-n3nc(C)cc3C)ccc2Cl)c1. The number of nitrogens with zero attached hydrogens (tertiary/aromatic N) is 3. The van der Waals surface area contributed by atoms with E-state index in [9.17, 15) is 9.59 Å². The van der Waals surface area contributed by atoms with Crippen LogP contribution in [0.3, 0.4) is 0 Å². The molecule has 1 aromatic carbocycles. The van der Waals surface area contributed by atoms with Crippen molar-refractivity contribution in [1.82, 2.24) is 14.8 Å². The van der Waals surface area contributed by atoms with E-state index in [0.29, 0.717) is 23.0 Å². The lowest BCUT2D eigenvalue weighted by Crippen LogP contribution is -2.30. The molecule has 168 valence electrons. The number of hydrogen-bond donors (Lipinski definition) is 1. The largest absolute Gasteiger partial charge is 0.497 e. The molecule has 0 bridgehead atoms. The van der Waals surface area contributed by atoms with Gasteiger partial charge in [-0.2, -0.15) is 5.10 Å².